The fourth-order valence-corrected chi connectivity index (χ4v) is 1.68. The summed E-state index contributed by atoms with van der Waals surface area (Å²) in [5.41, 5.74) is 6.69. The molecule has 0 atom stereocenters. The molecule has 1 aromatic carbocycles. The van der Waals surface area contributed by atoms with Gasteiger partial charge in [0.2, 0.25) is 0 Å². The van der Waals surface area contributed by atoms with E-state index in [0.29, 0.717) is 11.6 Å². The Morgan fingerprint density at radius 2 is 1.87 bits per heavy atom. The summed E-state index contributed by atoms with van der Waals surface area (Å²) in [6.07, 6.45) is 1.97. The van der Waals surface area contributed by atoms with Gasteiger partial charge in [-0.05, 0) is 6.26 Å². The Hall–Kier alpha value is -1.55. The van der Waals surface area contributed by atoms with Gasteiger partial charge in [-0.2, -0.15) is 0 Å². The third-order valence-corrected chi connectivity index (χ3v) is 2.59. The van der Waals surface area contributed by atoms with Crippen molar-refractivity contribution in [3.05, 3.63) is 36.4 Å². The maximum Gasteiger partial charge on any atom is 0.162 e. The molecular formula is C11H11N3S. The predicted molar refractivity (Wildman–Crippen MR) is 63.7 cm³/mol. The van der Waals surface area contributed by atoms with Gasteiger partial charge in [0.05, 0.1) is 0 Å². The molecule has 0 bridgehead atoms. The fourth-order valence-electron chi connectivity index (χ4n) is 1.26. The van der Waals surface area contributed by atoms with Crippen molar-refractivity contribution in [2.45, 2.75) is 5.03 Å². The lowest BCUT2D eigenvalue weighted by Crippen LogP contribution is -1.96. The van der Waals surface area contributed by atoms with Crippen molar-refractivity contribution in [2.75, 3.05) is 12.0 Å². The van der Waals surface area contributed by atoms with E-state index in [-0.39, 0.29) is 0 Å². The second kappa shape index (κ2) is 4.31. The molecule has 0 radical (unpaired) electrons. The van der Waals surface area contributed by atoms with Crippen LogP contribution in [0.4, 0.5) is 5.82 Å². The van der Waals surface area contributed by atoms with Crippen LogP contribution in [0.1, 0.15) is 0 Å². The van der Waals surface area contributed by atoms with Gasteiger partial charge in [-0.25, -0.2) is 9.97 Å². The largest absolute Gasteiger partial charge is 0.384 e. The Balaban J connectivity index is 2.49. The van der Waals surface area contributed by atoms with Gasteiger partial charge in [0.25, 0.3) is 0 Å². The van der Waals surface area contributed by atoms with E-state index in [4.69, 9.17) is 5.73 Å². The Morgan fingerprint density at radius 1 is 1.13 bits per heavy atom. The van der Waals surface area contributed by atoms with Crippen LogP contribution in [0, 0.1) is 0 Å². The molecule has 2 N–H and O–H groups in total. The van der Waals surface area contributed by atoms with E-state index < -0.39 is 0 Å². The molecule has 2 aromatic rings. The molecule has 1 heterocycles. The van der Waals surface area contributed by atoms with Crippen molar-refractivity contribution in [1.29, 1.82) is 0 Å². The number of hydrogen-bond donors (Lipinski definition) is 1. The summed E-state index contributed by atoms with van der Waals surface area (Å²) in [5.74, 6) is 1.19. The van der Waals surface area contributed by atoms with Crippen molar-refractivity contribution >= 4 is 17.6 Å². The minimum absolute atomic E-state index is 0.508. The minimum atomic E-state index is 0.508. The highest BCUT2D eigenvalue weighted by Crippen LogP contribution is 2.20. The summed E-state index contributed by atoms with van der Waals surface area (Å²) in [4.78, 5) is 8.60. The summed E-state index contributed by atoms with van der Waals surface area (Å²) in [6, 6.07) is 11.6. The van der Waals surface area contributed by atoms with E-state index in [1.807, 2.05) is 36.6 Å². The standard InChI is InChI=1S/C11H11N3S/c1-15-10-7-9(12)13-11(14-10)8-5-3-2-4-6-8/h2-7H,1H3,(H2,12,13,14). The zero-order valence-corrected chi connectivity index (χ0v) is 9.16. The number of thioether (sulfide) groups is 1. The van der Waals surface area contributed by atoms with E-state index in [0.717, 1.165) is 10.6 Å². The smallest absolute Gasteiger partial charge is 0.162 e. The number of rotatable bonds is 2. The third kappa shape index (κ3) is 2.27. The highest BCUT2D eigenvalue weighted by Gasteiger charge is 2.03. The maximum absolute atomic E-state index is 5.71. The molecule has 4 heteroatoms. The van der Waals surface area contributed by atoms with Crippen LogP contribution >= 0.6 is 11.8 Å². The quantitative estimate of drug-likeness (QED) is 0.620. The van der Waals surface area contributed by atoms with Crippen molar-refractivity contribution in [3.63, 3.8) is 0 Å². The first kappa shape index (κ1) is 9.98. The lowest BCUT2D eigenvalue weighted by Gasteiger charge is -2.03. The van der Waals surface area contributed by atoms with Crippen LogP contribution < -0.4 is 5.73 Å². The summed E-state index contributed by atoms with van der Waals surface area (Å²) < 4.78 is 0. The lowest BCUT2D eigenvalue weighted by molar-refractivity contribution is 1.07. The lowest BCUT2D eigenvalue weighted by atomic mass is 10.2. The van der Waals surface area contributed by atoms with Crippen LogP contribution in [0.25, 0.3) is 11.4 Å². The molecule has 0 fully saturated rings. The van der Waals surface area contributed by atoms with Crippen molar-refractivity contribution in [2.24, 2.45) is 0 Å². The summed E-state index contributed by atoms with van der Waals surface area (Å²) in [6.45, 7) is 0. The highest BCUT2D eigenvalue weighted by molar-refractivity contribution is 7.98. The molecule has 0 saturated heterocycles. The highest BCUT2D eigenvalue weighted by atomic mass is 32.2. The second-order valence-corrected chi connectivity index (χ2v) is 3.85. The summed E-state index contributed by atoms with van der Waals surface area (Å²) >= 11 is 1.56. The number of anilines is 1. The van der Waals surface area contributed by atoms with Gasteiger partial charge in [0.1, 0.15) is 10.8 Å². The van der Waals surface area contributed by atoms with Gasteiger partial charge in [-0.1, -0.05) is 30.3 Å². The number of benzene rings is 1. The van der Waals surface area contributed by atoms with Crippen LogP contribution in [0.3, 0.4) is 0 Å². The fraction of sp³-hybridized carbons (Fsp3) is 0.0909. The first-order valence-electron chi connectivity index (χ1n) is 4.53. The summed E-state index contributed by atoms with van der Waals surface area (Å²) in [5, 5.41) is 0.890. The van der Waals surface area contributed by atoms with Crippen LogP contribution in [-0.4, -0.2) is 16.2 Å². The molecule has 76 valence electrons. The molecule has 0 unspecified atom stereocenters. The Bertz CT molecular complexity index is 457. The van der Waals surface area contributed by atoms with E-state index in [1.54, 1.807) is 17.8 Å². The molecule has 0 spiro atoms. The molecule has 0 saturated carbocycles. The van der Waals surface area contributed by atoms with Gasteiger partial charge < -0.3 is 5.73 Å². The molecule has 0 aliphatic carbocycles. The second-order valence-electron chi connectivity index (χ2n) is 3.02. The van der Waals surface area contributed by atoms with Gasteiger partial charge in [0.15, 0.2) is 5.82 Å². The van der Waals surface area contributed by atoms with Gasteiger partial charge in [-0.3, -0.25) is 0 Å². The zero-order valence-electron chi connectivity index (χ0n) is 8.34. The van der Waals surface area contributed by atoms with Gasteiger partial charge in [-0.15, -0.1) is 11.8 Å². The molecule has 15 heavy (non-hydrogen) atoms. The minimum Gasteiger partial charge on any atom is -0.384 e. The average molecular weight is 217 g/mol. The number of nitrogens with two attached hydrogens (primary N) is 1. The Labute approximate surface area is 92.8 Å². The maximum atomic E-state index is 5.71. The number of aromatic nitrogens is 2. The van der Waals surface area contributed by atoms with E-state index in [1.165, 1.54) is 0 Å². The SMILES string of the molecule is CSc1cc(N)nc(-c2ccccc2)n1. The number of hydrogen-bond acceptors (Lipinski definition) is 4. The van der Waals surface area contributed by atoms with Crippen molar-refractivity contribution < 1.29 is 0 Å². The number of nitrogen functional groups attached to an aromatic ring is 1. The van der Waals surface area contributed by atoms with Gasteiger partial charge in [0, 0.05) is 11.6 Å². The van der Waals surface area contributed by atoms with Crippen LogP contribution in [0.15, 0.2) is 41.4 Å². The predicted octanol–water partition coefficient (Wildman–Crippen LogP) is 2.45. The van der Waals surface area contributed by atoms with Crippen molar-refractivity contribution in [1.82, 2.24) is 9.97 Å². The topological polar surface area (TPSA) is 51.8 Å². The zero-order chi connectivity index (χ0) is 10.7. The first-order chi connectivity index (χ1) is 7.29. The normalized spacial score (nSPS) is 10.2. The molecule has 0 aliphatic rings. The van der Waals surface area contributed by atoms with Gasteiger partial charge >= 0.3 is 0 Å². The molecule has 0 aliphatic heterocycles. The van der Waals surface area contributed by atoms with Crippen molar-refractivity contribution in [3.8, 4) is 11.4 Å². The van der Waals surface area contributed by atoms with Crippen LogP contribution in [0.2, 0.25) is 0 Å². The first-order valence-corrected chi connectivity index (χ1v) is 5.76. The molecule has 1 aromatic heterocycles. The molecule has 3 nitrogen and oxygen atoms in total. The molecular weight excluding hydrogens is 206 g/mol. The third-order valence-electron chi connectivity index (χ3n) is 1.96. The van der Waals surface area contributed by atoms with E-state index >= 15 is 0 Å². The average Bonchev–Trinajstić information content (AvgIpc) is 2.29. The molecule has 0 amide bonds. The molecule has 2 rings (SSSR count). The monoisotopic (exact) mass is 217 g/mol. The van der Waals surface area contributed by atoms with E-state index in [2.05, 4.69) is 9.97 Å². The Kier molecular flexibility index (Phi) is 2.87. The van der Waals surface area contributed by atoms with Crippen LogP contribution in [0.5, 0.6) is 0 Å². The summed E-state index contributed by atoms with van der Waals surface area (Å²) in [7, 11) is 0. The number of nitrogens with zero attached hydrogens (tertiary/aromatic N) is 2. The van der Waals surface area contributed by atoms with E-state index in [9.17, 15) is 0 Å². The Morgan fingerprint density at radius 3 is 2.53 bits per heavy atom. The van der Waals surface area contributed by atoms with Crippen LogP contribution in [-0.2, 0) is 0 Å².